The summed E-state index contributed by atoms with van der Waals surface area (Å²) in [6, 6.07) is 9.45. The van der Waals surface area contributed by atoms with E-state index in [2.05, 4.69) is 55.3 Å². The minimum Gasteiger partial charge on any atom is -0.383 e. The summed E-state index contributed by atoms with van der Waals surface area (Å²) in [5, 5.41) is 3.60. The largest absolute Gasteiger partial charge is 0.383 e. The summed E-state index contributed by atoms with van der Waals surface area (Å²) in [5.74, 6) is 0.988. The first kappa shape index (κ1) is 13.3. The number of nitrogens with zero attached hydrogens (tertiary/aromatic N) is 1. The number of anilines is 2. The highest BCUT2D eigenvalue weighted by Crippen LogP contribution is 2.34. The van der Waals surface area contributed by atoms with E-state index >= 15 is 0 Å². The normalized spacial score (nSPS) is 16.4. The molecule has 18 heavy (non-hydrogen) atoms. The van der Waals surface area contributed by atoms with Crippen LogP contribution < -0.4 is 10.2 Å². The first-order valence-electron chi connectivity index (χ1n) is 7.34. The Morgan fingerprint density at radius 1 is 1.17 bits per heavy atom. The fraction of sp³-hybridized carbons (Fsp3) is 0.625. The van der Waals surface area contributed by atoms with Crippen LogP contribution >= 0.6 is 0 Å². The predicted octanol–water partition coefficient (Wildman–Crippen LogP) is 4.13. The van der Waals surface area contributed by atoms with Crippen LogP contribution in [-0.2, 0) is 0 Å². The Kier molecular flexibility index (Phi) is 4.51. The predicted molar refractivity (Wildman–Crippen MR) is 80.4 cm³/mol. The molecule has 1 fully saturated rings. The third-order valence-electron chi connectivity index (χ3n) is 3.79. The highest BCUT2D eigenvalue weighted by molar-refractivity contribution is 5.55. The van der Waals surface area contributed by atoms with Crippen molar-refractivity contribution in [1.82, 2.24) is 0 Å². The summed E-state index contributed by atoms with van der Waals surface area (Å²) in [5.41, 5.74) is 2.57. The van der Waals surface area contributed by atoms with E-state index in [1.54, 1.807) is 0 Å². The molecule has 2 nitrogen and oxygen atoms in total. The van der Waals surface area contributed by atoms with E-state index in [-0.39, 0.29) is 0 Å². The van der Waals surface area contributed by atoms with Gasteiger partial charge in [0.05, 0.1) is 0 Å². The van der Waals surface area contributed by atoms with Crippen molar-refractivity contribution < 1.29 is 0 Å². The van der Waals surface area contributed by atoms with Crippen molar-refractivity contribution in [3.8, 4) is 0 Å². The van der Waals surface area contributed by atoms with E-state index in [9.17, 15) is 0 Å². The molecule has 1 unspecified atom stereocenters. The van der Waals surface area contributed by atoms with Gasteiger partial charge in [-0.25, -0.2) is 0 Å². The van der Waals surface area contributed by atoms with Gasteiger partial charge < -0.3 is 10.2 Å². The van der Waals surface area contributed by atoms with Gasteiger partial charge in [-0.1, -0.05) is 12.8 Å². The lowest BCUT2D eigenvalue weighted by Gasteiger charge is -2.22. The lowest BCUT2D eigenvalue weighted by Crippen LogP contribution is -2.21. The van der Waals surface area contributed by atoms with Crippen molar-refractivity contribution >= 4 is 11.4 Å². The second kappa shape index (κ2) is 6.12. The summed E-state index contributed by atoms with van der Waals surface area (Å²) in [6.45, 7) is 8.83. The highest BCUT2D eigenvalue weighted by Gasteiger charge is 2.23. The van der Waals surface area contributed by atoms with Crippen molar-refractivity contribution in [2.24, 2.45) is 5.92 Å². The third-order valence-corrected chi connectivity index (χ3v) is 3.79. The van der Waals surface area contributed by atoms with Crippen LogP contribution in [0.3, 0.4) is 0 Å². The van der Waals surface area contributed by atoms with Gasteiger partial charge in [-0.05, 0) is 57.4 Å². The van der Waals surface area contributed by atoms with Gasteiger partial charge in [0.2, 0.25) is 0 Å². The molecule has 1 aromatic carbocycles. The second-order valence-corrected chi connectivity index (χ2v) is 5.44. The van der Waals surface area contributed by atoms with Crippen molar-refractivity contribution in [2.75, 3.05) is 23.3 Å². The Bertz CT molecular complexity index is 350. The summed E-state index contributed by atoms with van der Waals surface area (Å²) < 4.78 is 0. The maximum Gasteiger partial charge on any atom is 0.0367 e. The monoisotopic (exact) mass is 246 g/mol. The molecule has 1 atom stereocenters. The van der Waals surface area contributed by atoms with Crippen LogP contribution in [0.1, 0.15) is 40.0 Å². The molecular formula is C16H26N2. The van der Waals surface area contributed by atoms with Crippen LogP contribution in [0, 0.1) is 5.92 Å². The van der Waals surface area contributed by atoms with Crippen LogP contribution in [0.4, 0.5) is 11.4 Å². The van der Waals surface area contributed by atoms with Crippen molar-refractivity contribution in [3.05, 3.63) is 24.3 Å². The van der Waals surface area contributed by atoms with Crippen molar-refractivity contribution in [3.63, 3.8) is 0 Å². The molecule has 100 valence electrons. The van der Waals surface area contributed by atoms with Gasteiger partial charge >= 0.3 is 0 Å². The Hall–Kier alpha value is -1.18. The second-order valence-electron chi connectivity index (χ2n) is 5.44. The van der Waals surface area contributed by atoms with Gasteiger partial charge in [0, 0.05) is 30.5 Å². The fourth-order valence-electron chi connectivity index (χ4n) is 2.55. The van der Waals surface area contributed by atoms with Crippen LogP contribution in [0.15, 0.2) is 24.3 Å². The van der Waals surface area contributed by atoms with Crippen LogP contribution in [0.5, 0.6) is 0 Å². The fourth-order valence-corrected chi connectivity index (χ4v) is 2.55. The molecule has 0 spiro atoms. The Morgan fingerprint density at radius 2 is 1.78 bits per heavy atom. The summed E-state index contributed by atoms with van der Waals surface area (Å²) in [7, 11) is 0. The maximum absolute atomic E-state index is 3.60. The molecule has 1 aliphatic carbocycles. The Balaban J connectivity index is 1.89. The molecule has 2 rings (SSSR count). The molecule has 2 heteroatoms. The minimum atomic E-state index is 0.594. The van der Waals surface area contributed by atoms with Crippen LogP contribution in [0.2, 0.25) is 0 Å². The molecule has 0 heterocycles. The molecule has 1 saturated carbocycles. The zero-order valence-corrected chi connectivity index (χ0v) is 11.9. The molecule has 0 amide bonds. The average Bonchev–Trinajstić information content (AvgIpc) is 3.16. The summed E-state index contributed by atoms with van der Waals surface area (Å²) >= 11 is 0. The smallest absolute Gasteiger partial charge is 0.0367 e. The molecule has 1 aliphatic rings. The van der Waals surface area contributed by atoms with Gasteiger partial charge in [-0.3, -0.25) is 0 Å². The molecule has 0 radical (unpaired) electrons. The average molecular weight is 246 g/mol. The molecular weight excluding hydrogens is 220 g/mol. The zero-order valence-electron chi connectivity index (χ0n) is 11.9. The van der Waals surface area contributed by atoms with E-state index in [4.69, 9.17) is 0 Å². The minimum absolute atomic E-state index is 0.594. The summed E-state index contributed by atoms with van der Waals surface area (Å²) in [4.78, 5) is 2.37. The van der Waals surface area contributed by atoms with Crippen molar-refractivity contribution in [1.29, 1.82) is 0 Å². The van der Waals surface area contributed by atoms with Gasteiger partial charge in [-0.2, -0.15) is 0 Å². The topological polar surface area (TPSA) is 15.3 Å². The number of hydrogen-bond acceptors (Lipinski definition) is 2. The van der Waals surface area contributed by atoms with Crippen LogP contribution in [-0.4, -0.2) is 19.1 Å². The molecule has 0 saturated heterocycles. The maximum atomic E-state index is 3.60. The number of benzene rings is 1. The quantitative estimate of drug-likeness (QED) is 0.778. The lowest BCUT2D eigenvalue weighted by atomic mass is 10.1. The lowest BCUT2D eigenvalue weighted by molar-refractivity contribution is 0.642. The van der Waals surface area contributed by atoms with E-state index in [0.29, 0.717) is 6.04 Å². The van der Waals surface area contributed by atoms with Gasteiger partial charge in [0.15, 0.2) is 0 Å². The third kappa shape index (κ3) is 3.66. The zero-order chi connectivity index (χ0) is 13.0. The molecule has 0 aromatic heterocycles. The standard InChI is InChI=1S/C16H26N2/c1-4-18(5-2)16-10-8-15(9-11-16)17-13(3)12-14-6-7-14/h8-11,13-14,17H,4-7,12H2,1-3H3. The van der Waals surface area contributed by atoms with Gasteiger partial charge in [0.1, 0.15) is 0 Å². The van der Waals surface area contributed by atoms with Gasteiger partial charge in [-0.15, -0.1) is 0 Å². The number of rotatable bonds is 7. The van der Waals surface area contributed by atoms with E-state index < -0.39 is 0 Å². The summed E-state index contributed by atoms with van der Waals surface area (Å²) in [6.07, 6.45) is 4.19. The first-order valence-corrected chi connectivity index (χ1v) is 7.34. The first-order chi connectivity index (χ1) is 8.72. The van der Waals surface area contributed by atoms with Crippen molar-refractivity contribution in [2.45, 2.75) is 46.1 Å². The SMILES string of the molecule is CCN(CC)c1ccc(NC(C)CC2CC2)cc1. The Labute approximate surface area is 111 Å². The molecule has 0 aliphatic heterocycles. The van der Waals surface area contributed by atoms with Crippen LogP contribution in [0.25, 0.3) is 0 Å². The highest BCUT2D eigenvalue weighted by atomic mass is 15.1. The molecule has 1 N–H and O–H groups in total. The molecule has 0 bridgehead atoms. The number of hydrogen-bond donors (Lipinski definition) is 1. The van der Waals surface area contributed by atoms with Gasteiger partial charge in [0.25, 0.3) is 0 Å². The number of nitrogens with one attached hydrogen (secondary N) is 1. The van der Waals surface area contributed by atoms with E-state index in [0.717, 1.165) is 19.0 Å². The molecule has 1 aromatic rings. The van der Waals surface area contributed by atoms with E-state index in [1.165, 1.54) is 30.6 Å². The van der Waals surface area contributed by atoms with E-state index in [1.807, 2.05) is 0 Å². The Morgan fingerprint density at radius 3 is 2.28 bits per heavy atom.